The number of aryl methyl sites for hydroxylation is 4. The number of unbranched alkanes of at least 4 members (excludes halogenated alkanes) is 4. The number of hydrogen-bond acceptors (Lipinski definition) is 0. The Morgan fingerprint density at radius 2 is 0.692 bits per heavy atom. The molecule has 0 spiro atoms. The second-order valence-corrected chi connectivity index (χ2v) is 11.8. The van der Waals surface area contributed by atoms with Gasteiger partial charge in [0.05, 0.1) is 0 Å². The molecule has 0 nitrogen and oxygen atoms in total. The number of rotatable bonds is 10. The Hall–Kier alpha value is -3.12. The summed E-state index contributed by atoms with van der Waals surface area (Å²) in [4.78, 5) is 0. The molecule has 0 amide bonds. The molecular weight excluding hydrogens is 468 g/mol. The first-order chi connectivity index (χ1) is 18.7. The average Bonchev–Trinajstić information content (AvgIpc) is 2.92. The van der Waals surface area contributed by atoms with Crippen LogP contribution in [0.5, 0.6) is 0 Å². The van der Waals surface area contributed by atoms with E-state index in [9.17, 15) is 0 Å². The molecule has 0 N–H and O–H groups in total. The third-order valence-corrected chi connectivity index (χ3v) is 9.48. The molecule has 204 valence electrons. The topological polar surface area (TPSA) is 0 Å². The summed E-state index contributed by atoms with van der Waals surface area (Å²) in [6.45, 7) is 18.1. The van der Waals surface area contributed by atoms with Gasteiger partial charge in [0, 0.05) is 0 Å². The minimum atomic E-state index is 1.19. The Morgan fingerprint density at radius 1 is 0.333 bits per heavy atom. The smallest absolute Gasteiger partial charge is 0.0149 e. The first kappa shape index (κ1) is 28.9. The van der Waals surface area contributed by atoms with E-state index in [0.29, 0.717) is 0 Å². The summed E-state index contributed by atoms with van der Waals surface area (Å²) in [5.41, 5.74) is 20.0. The van der Waals surface area contributed by atoms with Crippen LogP contribution in [0.25, 0.3) is 22.3 Å². The quantitative estimate of drug-likeness (QED) is 0.184. The summed E-state index contributed by atoms with van der Waals surface area (Å²) >= 11 is 0. The minimum Gasteiger partial charge on any atom is -0.0614 e. The van der Waals surface area contributed by atoms with E-state index in [0.717, 1.165) is 0 Å². The zero-order valence-corrected chi connectivity index (χ0v) is 25.7. The Balaban J connectivity index is 1.26. The van der Waals surface area contributed by atoms with Gasteiger partial charge in [-0.15, -0.1) is 0 Å². The van der Waals surface area contributed by atoms with Crippen molar-refractivity contribution in [3.05, 3.63) is 116 Å². The lowest BCUT2D eigenvalue weighted by Crippen LogP contribution is -1.98. The van der Waals surface area contributed by atoms with E-state index in [4.69, 9.17) is 0 Å². The predicted octanol–water partition coefficient (Wildman–Crippen LogP) is 11.2. The molecule has 0 aromatic heterocycles. The fraction of sp³-hybridized carbons (Fsp3) is 0.385. The maximum Gasteiger partial charge on any atom is -0.0149 e. The third-order valence-electron chi connectivity index (χ3n) is 9.48. The van der Waals surface area contributed by atoms with Gasteiger partial charge >= 0.3 is 0 Å². The molecule has 4 aromatic rings. The highest BCUT2D eigenvalue weighted by molar-refractivity contribution is 5.74. The molecule has 0 aliphatic heterocycles. The minimum absolute atomic E-state index is 1.19. The van der Waals surface area contributed by atoms with Crippen molar-refractivity contribution in [1.82, 2.24) is 0 Å². The van der Waals surface area contributed by atoms with Crippen LogP contribution in [0, 0.1) is 55.4 Å². The monoisotopic (exact) mass is 516 g/mol. The maximum absolute atomic E-state index is 2.38. The second-order valence-electron chi connectivity index (χ2n) is 11.8. The van der Waals surface area contributed by atoms with Crippen LogP contribution < -0.4 is 0 Å². The molecule has 0 bridgehead atoms. The van der Waals surface area contributed by atoms with Crippen LogP contribution in [0.1, 0.15) is 87.7 Å². The SMILES string of the molecule is Cc1cccc(-c2ccc(CCCCCCCc3ccc(-c4cccc(C)c4C)c(C)c3C)c(C)c2C)c1C. The normalized spacial score (nSPS) is 11.3. The van der Waals surface area contributed by atoms with Crippen molar-refractivity contribution in [2.45, 2.75) is 100 Å². The van der Waals surface area contributed by atoms with Crippen LogP contribution in [-0.4, -0.2) is 0 Å². The van der Waals surface area contributed by atoms with Gasteiger partial charge < -0.3 is 0 Å². The molecule has 0 radical (unpaired) electrons. The standard InChI is InChI=1S/C39H48/c1-26-16-14-20-36(28(26)3)38-24-22-34(30(5)32(38)7)18-12-10-9-11-13-19-35-23-25-39(33(8)31(35)6)37-21-15-17-27(2)29(37)4/h14-17,20-25H,9-13,18-19H2,1-8H3. The van der Waals surface area contributed by atoms with Crippen LogP contribution in [0.3, 0.4) is 0 Å². The van der Waals surface area contributed by atoms with E-state index in [1.807, 2.05) is 0 Å². The summed E-state index contributed by atoms with van der Waals surface area (Å²) in [6.07, 6.45) is 8.92. The molecule has 0 aliphatic rings. The molecule has 0 heteroatoms. The van der Waals surface area contributed by atoms with Crippen LogP contribution in [0.4, 0.5) is 0 Å². The second kappa shape index (κ2) is 12.8. The molecule has 0 heterocycles. The van der Waals surface area contributed by atoms with Gasteiger partial charge in [-0.2, -0.15) is 0 Å². The van der Waals surface area contributed by atoms with Gasteiger partial charge in [-0.1, -0.05) is 79.9 Å². The number of benzene rings is 4. The summed E-state index contributed by atoms with van der Waals surface area (Å²) < 4.78 is 0. The van der Waals surface area contributed by atoms with Gasteiger partial charge in [0.15, 0.2) is 0 Å². The molecule has 0 saturated heterocycles. The Labute approximate surface area is 238 Å². The van der Waals surface area contributed by atoms with Gasteiger partial charge in [-0.3, -0.25) is 0 Å². The maximum atomic E-state index is 2.38. The van der Waals surface area contributed by atoms with Crippen molar-refractivity contribution in [1.29, 1.82) is 0 Å². The van der Waals surface area contributed by atoms with Crippen LogP contribution in [0.2, 0.25) is 0 Å². The molecular formula is C39H48. The molecule has 4 rings (SSSR count). The molecule has 0 aliphatic carbocycles. The zero-order valence-electron chi connectivity index (χ0n) is 25.7. The lowest BCUT2D eigenvalue weighted by atomic mass is 9.88. The van der Waals surface area contributed by atoms with Crippen molar-refractivity contribution in [3.63, 3.8) is 0 Å². The largest absolute Gasteiger partial charge is 0.0614 e. The average molecular weight is 517 g/mol. The Bertz CT molecular complexity index is 1340. The lowest BCUT2D eigenvalue weighted by molar-refractivity contribution is 0.612. The van der Waals surface area contributed by atoms with Gasteiger partial charge in [0.2, 0.25) is 0 Å². The molecule has 0 unspecified atom stereocenters. The van der Waals surface area contributed by atoms with E-state index in [1.165, 1.54) is 123 Å². The molecule has 0 atom stereocenters. The Kier molecular flexibility index (Phi) is 9.49. The van der Waals surface area contributed by atoms with Crippen molar-refractivity contribution in [3.8, 4) is 22.3 Å². The van der Waals surface area contributed by atoms with Gasteiger partial charge in [0.1, 0.15) is 0 Å². The van der Waals surface area contributed by atoms with Crippen molar-refractivity contribution >= 4 is 0 Å². The Morgan fingerprint density at radius 3 is 1.10 bits per heavy atom. The van der Waals surface area contributed by atoms with E-state index < -0.39 is 0 Å². The fourth-order valence-corrected chi connectivity index (χ4v) is 6.13. The van der Waals surface area contributed by atoms with Gasteiger partial charge in [-0.05, 0) is 159 Å². The van der Waals surface area contributed by atoms with Crippen LogP contribution in [-0.2, 0) is 12.8 Å². The van der Waals surface area contributed by atoms with E-state index in [-0.39, 0.29) is 0 Å². The van der Waals surface area contributed by atoms with Crippen LogP contribution in [0.15, 0.2) is 60.7 Å². The van der Waals surface area contributed by atoms with Crippen molar-refractivity contribution in [2.24, 2.45) is 0 Å². The van der Waals surface area contributed by atoms with Crippen molar-refractivity contribution in [2.75, 3.05) is 0 Å². The zero-order chi connectivity index (χ0) is 28.1. The summed E-state index contributed by atoms with van der Waals surface area (Å²) in [5, 5.41) is 0. The fourth-order valence-electron chi connectivity index (χ4n) is 6.13. The number of hydrogen-bond donors (Lipinski definition) is 0. The molecule has 4 aromatic carbocycles. The highest BCUT2D eigenvalue weighted by Crippen LogP contribution is 2.33. The highest BCUT2D eigenvalue weighted by atomic mass is 14.2. The first-order valence-corrected chi connectivity index (χ1v) is 15.0. The summed E-state index contributed by atoms with van der Waals surface area (Å²) in [6, 6.07) is 22.8. The molecule has 39 heavy (non-hydrogen) atoms. The van der Waals surface area contributed by atoms with E-state index in [2.05, 4.69) is 116 Å². The van der Waals surface area contributed by atoms with Gasteiger partial charge in [-0.25, -0.2) is 0 Å². The summed E-state index contributed by atoms with van der Waals surface area (Å²) in [5.74, 6) is 0. The highest BCUT2D eigenvalue weighted by Gasteiger charge is 2.12. The van der Waals surface area contributed by atoms with E-state index >= 15 is 0 Å². The predicted molar refractivity (Wildman–Crippen MR) is 172 cm³/mol. The first-order valence-electron chi connectivity index (χ1n) is 15.0. The van der Waals surface area contributed by atoms with Crippen molar-refractivity contribution < 1.29 is 0 Å². The van der Waals surface area contributed by atoms with E-state index in [1.54, 1.807) is 0 Å². The third kappa shape index (κ3) is 6.38. The molecule has 0 saturated carbocycles. The lowest BCUT2D eigenvalue weighted by Gasteiger charge is -2.17. The van der Waals surface area contributed by atoms with Crippen LogP contribution >= 0.6 is 0 Å². The van der Waals surface area contributed by atoms with Gasteiger partial charge in [0.25, 0.3) is 0 Å². The molecule has 0 fully saturated rings. The summed E-state index contributed by atoms with van der Waals surface area (Å²) in [7, 11) is 0.